The van der Waals surface area contributed by atoms with Crippen molar-refractivity contribution in [3.8, 4) is 5.75 Å². The summed E-state index contributed by atoms with van der Waals surface area (Å²) in [6.07, 6.45) is -3.08. The molecule has 2 unspecified atom stereocenters. The number of rotatable bonds is 3. The molecule has 88 valence electrons. The van der Waals surface area contributed by atoms with E-state index in [1.54, 1.807) is 13.0 Å². The highest BCUT2D eigenvalue weighted by atomic mass is 16.5. The third-order valence-electron chi connectivity index (χ3n) is 2.32. The molecular weight excluding hydrogens is 212 g/mol. The molecule has 1 aromatic rings. The minimum Gasteiger partial charge on any atom is -0.508 e. The van der Waals surface area contributed by atoms with Gasteiger partial charge in [-0.3, -0.25) is 0 Å². The number of ether oxygens (including phenoxy) is 1. The van der Waals surface area contributed by atoms with Crippen LogP contribution < -0.4 is 0 Å². The van der Waals surface area contributed by atoms with Gasteiger partial charge >= 0.3 is 5.97 Å². The zero-order chi connectivity index (χ0) is 12.3. The molecule has 5 heteroatoms. The van der Waals surface area contributed by atoms with Crippen molar-refractivity contribution in [1.82, 2.24) is 0 Å². The number of hydrogen-bond donors (Lipinski definition) is 3. The van der Waals surface area contributed by atoms with Crippen LogP contribution in [-0.4, -0.2) is 34.5 Å². The van der Waals surface area contributed by atoms with E-state index in [2.05, 4.69) is 4.74 Å². The van der Waals surface area contributed by atoms with E-state index in [1.165, 1.54) is 12.1 Å². The zero-order valence-corrected chi connectivity index (χ0v) is 9.04. The number of aliphatic hydroxyl groups is 2. The maximum absolute atomic E-state index is 11.0. The smallest absolute Gasteiger partial charge is 0.337 e. The normalized spacial score (nSPS) is 14.2. The summed E-state index contributed by atoms with van der Waals surface area (Å²) in [5.74, 6) is -0.929. The average molecular weight is 226 g/mol. The van der Waals surface area contributed by atoms with Gasteiger partial charge in [0.25, 0.3) is 0 Å². The Kier molecular flexibility index (Phi) is 3.87. The fraction of sp³-hybridized carbons (Fsp3) is 0.364. The molecule has 0 fully saturated rings. The second kappa shape index (κ2) is 4.96. The molecule has 3 N–H and O–H groups in total. The van der Waals surface area contributed by atoms with Crippen LogP contribution in [-0.2, 0) is 9.53 Å². The van der Waals surface area contributed by atoms with Gasteiger partial charge in [0, 0.05) is 0 Å². The molecule has 2 atom stereocenters. The Morgan fingerprint density at radius 3 is 2.50 bits per heavy atom. The summed E-state index contributed by atoms with van der Waals surface area (Å²) in [5, 5.41) is 28.5. The number of esters is 1. The minimum absolute atomic E-state index is 0.00591. The van der Waals surface area contributed by atoms with Crippen LogP contribution in [0.4, 0.5) is 0 Å². The molecule has 0 aromatic heterocycles. The largest absolute Gasteiger partial charge is 0.508 e. The first-order chi connectivity index (χ1) is 7.47. The Bertz CT molecular complexity index is 388. The predicted molar refractivity (Wildman–Crippen MR) is 55.8 cm³/mol. The highest BCUT2D eigenvalue weighted by molar-refractivity contribution is 5.75. The molecule has 0 aliphatic heterocycles. The zero-order valence-electron chi connectivity index (χ0n) is 9.04. The maximum Gasteiger partial charge on any atom is 0.337 e. The summed E-state index contributed by atoms with van der Waals surface area (Å²) in [6, 6.07) is 4.40. The van der Waals surface area contributed by atoms with Gasteiger partial charge in [-0.2, -0.15) is 0 Å². The van der Waals surface area contributed by atoms with Gasteiger partial charge in [0.2, 0.25) is 0 Å². The predicted octanol–water partition coefficient (Wildman–Crippen LogP) is 0.268. The molecule has 0 aliphatic carbocycles. The number of aliphatic hydroxyl groups excluding tert-OH is 2. The van der Waals surface area contributed by atoms with Crippen molar-refractivity contribution in [1.29, 1.82) is 0 Å². The lowest BCUT2D eigenvalue weighted by molar-refractivity contribution is -0.156. The fourth-order valence-corrected chi connectivity index (χ4v) is 1.24. The molecular formula is C11H14O5. The molecule has 0 amide bonds. The van der Waals surface area contributed by atoms with Crippen LogP contribution in [0, 0.1) is 6.92 Å². The SMILES string of the molecule is COC(=O)C(O)C(O)c1ccc(C)c(O)c1. The molecule has 0 heterocycles. The molecule has 0 aliphatic rings. The third kappa shape index (κ3) is 2.50. The number of methoxy groups -OCH3 is 1. The van der Waals surface area contributed by atoms with Crippen molar-refractivity contribution in [3.05, 3.63) is 29.3 Å². The van der Waals surface area contributed by atoms with Crippen molar-refractivity contribution in [2.75, 3.05) is 7.11 Å². The summed E-state index contributed by atoms with van der Waals surface area (Å²) < 4.78 is 4.30. The highest BCUT2D eigenvalue weighted by Gasteiger charge is 2.26. The Hall–Kier alpha value is -1.59. The molecule has 0 spiro atoms. The minimum atomic E-state index is -1.66. The van der Waals surface area contributed by atoms with E-state index in [-0.39, 0.29) is 11.3 Å². The van der Waals surface area contributed by atoms with Crippen LogP contribution in [0.1, 0.15) is 17.2 Å². The summed E-state index contributed by atoms with van der Waals surface area (Å²) in [5.41, 5.74) is 0.893. The monoisotopic (exact) mass is 226 g/mol. The molecule has 0 radical (unpaired) electrons. The fourth-order valence-electron chi connectivity index (χ4n) is 1.24. The molecule has 1 rings (SSSR count). The second-order valence-electron chi connectivity index (χ2n) is 3.46. The number of carbonyl (C=O) groups is 1. The van der Waals surface area contributed by atoms with Crippen LogP contribution in [0.25, 0.3) is 0 Å². The van der Waals surface area contributed by atoms with E-state index in [1.807, 2.05) is 0 Å². The molecule has 5 nitrogen and oxygen atoms in total. The topological polar surface area (TPSA) is 87.0 Å². The van der Waals surface area contributed by atoms with Gasteiger partial charge < -0.3 is 20.1 Å². The Morgan fingerprint density at radius 2 is 2.00 bits per heavy atom. The number of carbonyl (C=O) groups excluding carboxylic acids is 1. The van der Waals surface area contributed by atoms with Crippen molar-refractivity contribution < 1.29 is 24.9 Å². The lowest BCUT2D eigenvalue weighted by Gasteiger charge is -2.16. The van der Waals surface area contributed by atoms with Crippen molar-refractivity contribution in [2.45, 2.75) is 19.1 Å². The van der Waals surface area contributed by atoms with Gasteiger partial charge in [0.1, 0.15) is 11.9 Å². The summed E-state index contributed by atoms with van der Waals surface area (Å²) >= 11 is 0. The lowest BCUT2D eigenvalue weighted by Crippen LogP contribution is -2.29. The molecule has 0 bridgehead atoms. The number of aryl methyl sites for hydroxylation is 1. The van der Waals surface area contributed by atoms with Crippen molar-refractivity contribution in [2.24, 2.45) is 0 Å². The number of benzene rings is 1. The Balaban J connectivity index is 2.91. The quantitative estimate of drug-likeness (QED) is 0.644. The van der Waals surface area contributed by atoms with E-state index in [9.17, 15) is 20.1 Å². The van der Waals surface area contributed by atoms with Crippen LogP contribution in [0.2, 0.25) is 0 Å². The van der Waals surface area contributed by atoms with Crippen molar-refractivity contribution >= 4 is 5.97 Å². The highest BCUT2D eigenvalue weighted by Crippen LogP contribution is 2.24. The summed E-state index contributed by atoms with van der Waals surface area (Å²) in [6.45, 7) is 1.70. The number of phenolic OH excluding ortho intramolecular Hbond substituents is 1. The molecule has 16 heavy (non-hydrogen) atoms. The first-order valence-electron chi connectivity index (χ1n) is 4.71. The van der Waals surface area contributed by atoms with E-state index in [0.29, 0.717) is 5.56 Å². The van der Waals surface area contributed by atoms with Gasteiger partial charge in [-0.05, 0) is 24.1 Å². The first kappa shape index (κ1) is 12.5. The number of phenols is 1. The van der Waals surface area contributed by atoms with E-state index < -0.39 is 18.2 Å². The molecule has 0 saturated carbocycles. The van der Waals surface area contributed by atoms with Gasteiger partial charge in [-0.1, -0.05) is 12.1 Å². The van der Waals surface area contributed by atoms with E-state index in [4.69, 9.17) is 0 Å². The number of aromatic hydroxyl groups is 1. The maximum atomic E-state index is 11.0. The van der Waals surface area contributed by atoms with Gasteiger partial charge in [-0.15, -0.1) is 0 Å². The average Bonchev–Trinajstić information content (AvgIpc) is 2.29. The lowest BCUT2D eigenvalue weighted by atomic mass is 10.0. The van der Waals surface area contributed by atoms with Gasteiger partial charge in [-0.25, -0.2) is 4.79 Å². The molecule has 0 saturated heterocycles. The number of hydrogen-bond acceptors (Lipinski definition) is 5. The van der Waals surface area contributed by atoms with E-state index >= 15 is 0 Å². The van der Waals surface area contributed by atoms with Gasteiger partial charge in [0.05, 0.1) is 7.11 Å². The second-order valence-corrected chi connectivity index (χ2v) is 3.46. The first-order valence-corrected chi connectivity index (χ1v) is 4.71. The van der Waals surface area contributed by atoms with Crippen LogP contribution in [0.3, 0.4) is 0 Å². The van der Waals surface area contributed by atoms with Gasteiger partial charge in [0.15, 0.2) is 6.10 Å². The summed E-state index contributed by atoms with van der Waals surface area (Å²) in [7, 11) is 1.12. The third-order valence-corrected chi connectivity index (χ3v) is 2.32. The standard InChI is InChI=1S/C11H14O5/c1-6-3-4-7(5-8(6)12)9(13)10(14)11(15)16-2/h3-5,9-10,12-14H,1-2H3. The van der Waals surface area contributed by atoms with Crippen molar-refractivity contribution in [3.63, 3.8) is 0 Å². The van der Waals surface area contributed by atoms with Crippen LogP contribution >= 0.6 is 0 Å². The molecule has 1 aromatic carbocycles. The van der Waals surface area contributed by atoms with Crippen LogP contribution in [0.5, 0.6) is 5.75 Å². The Labute approximate surface area is 92.9 Å². The van der Waals surface area contributed by atoms with Crippen LogP contribution in [0.15, 0.2) is 18.2 Å². The summed E-state index contributed by atoms with van der Waals surface area (Å²) in [4.78, 5) is 11.0. The van der Waals surface area contributed by atoms with E-state index in [0.717, 1.165) is 7.11 Å². The Morgan fingerprint density at radius 1 is 1.38 bits per heavy atom.